The third-order valence-corrected chi connectivity index (χ3v) is 3.45. The Morgan fingerprint density at radius 1 is 1.10 bits per heavy atom. The van der Waals surface area contributed by atoms with Gasteiger partial charge in [0.1, 0.15) is 11.6 Å². The van der Waals surface area contributed by atoms with Gasteiger partial charge < -0.3 is 26.0 Å². The van der Waals surface area contributed by atoms with E-state index in [0.29, 0.717) is 12.8 Å². The first kappa shape index (κ1) is 16.9. The van der Waals surface area contributed by atoms with E-state index in [-0.39, 0.29) is 25.8 Å². The Hall–Kier alpha value is -2.16. The summed E-state index contributed by atoms with van der Waals surface area (Å²) in [6, 6.07) is -1.27. The third kappa shape index (κ3) is 4.15. The van der Waals surface area contributed by atoms with Gasteiger partial charge in [0, 0.05) is 19.3 Å². The lowest BCUT2D eigenvalue weighted by Crippen LogP contribution is -2.50. The lowest BCUT2D eigenvalue weighted by molar-refractivity contribution is -0.148. The Balaban J connectivity index is 2.66. The van der Waals surface area contributed by atoms with Crippen molar-refractivity contribution in [2.24, 2.45) is 5.73 Å². The minimum absolute atomic E-state index is 0.0350. The van der Waals surface area contributed by atoms with E-state index in [1.165, 1.54) is 0 Å². The number of carboxylic acids is 3. The van der Waals surface area contributed by atoms with Crippen LogP contribution in [0, 0.1) is 0 Å². The van der Waals surface area contributed by atoms with E-state index in [0.717, 1.165) is 4.90 Å². The van der Waals surface area contributed by atoms with Gasteiger partial charge in [0.05, 0.1) is 6.54 Å². The molecule has 1 fully saturated rings. The second kappa shape index (κ2) is 6.53. The summed E-state index contributed by atoms with van der Waals surface area (Å²) in [6.07, 6.45) is 0.120. The summed E-state index contributed by atoms with van der Waals surface area (Å²) < 4.78 is 0. The summed E-state index contributed by atoms with van der Waals surface area (Å²) in [5.41, 5.74) is 3.85. The van der Waals surface area contributed by atoms with Gasteiger partial charge >= 0.3 is 17.9 Å². The maximum atomic E-state index is 12.0. The number of hydrogen-bond acceptors (Lipinski definition) is 5. The summed E-state index contributed by atoms with van der Waals surface area (Å²) in [5, 5.41) is 26.6. The maximum Gasteiger partial charge on any atom is 0.326 e. The number of amides is 1. The molecule has 0 radical (unpaired) electrons. The molecule has 9 heteroatoms. The van der Waals surface area contributed by atoms with Gasteiger partial charge in [-0.3, -0.25) is 14.4 Å². The molecule has 0 aliphatic carbocycles. The molecule has 1 rings (SSSR count). The summed E-state index contributed by atoms with van der Waals surface area (Å²) in [7, 11) is 0. The molecule has 0 saturated carbocycles. The van der Waals surface area contributed by atoms with Gasteiger partial charge in [-0.1, -0.05) is 0 Å². The molecule has 1 aliphatic heterocycles. The Morgan fingerprint density at radius 2 is 1.67 bits per heavy atom. The monoisotopic (exact) mass is 302 g/mol. The van der Waals surface area contributed by atoms with E-state index in [1.54, 1.807) is 0 Å². The molecule has 1 heterocycles. The van der Waals surface area contributed by atoms with Crippen molar-refractivity contribution in [2.45, 2.75) is 43.7 Å². The topological polar surface area (TPSA) is 158 Å². The lowest BCUT2D eigenvalue weighted by atomic mass is 9.98. The van der Waals surface area contributed by atoms with Crippen molar-refractivity contribution in [1.29, 1.82) is 0 Å². The van der Waals surface area contributed by atoms with Crippen molar-refractivity contribution < 1.29 is 34.5 Å². The van der Waals surface area contributed by atoms with Crippen LogP contribution in [0.4, 0.5) is 0 Å². The summed E-state index contributed by atoms with van der Waals surface area (Å²) in [6.45, 7) is -0.364. The number of carboxylic acid groups (broad SMARTS) is 3. The predicted octanol–water partition coefficient (Wildman–Crippen LogP) is -0.901. The number of rotatable bonds is 7. The van der Waals surface area contributed by atoms with E-state index in [4.69, 9.17) is 21.1 Å². The average Bonchev–Trinajstić information content (AvgIpc) is 2.74. The fourth-order valence-electron chi connectivity index (χ4n) is 2.27. The van der Waals surface area contributed by atoms with Gasteiger partial charge in [-0.05, 0) is 12.8 Å². The zero-order valence-corrected chi connectivity index (χ0v) is 11.3. The van der Waals surface area contributed by atoms with E-state index < -0.39 is 35.4 Å². The van der Waals surface area contributed by atoms with Crippen LogP contribution in [-0.2, 0) is 19.2 Å². The molecule has 5 N–H and O–H groups in total. The largest absolute Gasteiger partial charge is 0.481 e. The normalized spacial score (nSPS) is 24.8. The molecular formula is C12H18N2O7. The average molecular weight is 302 g/mol. The molecule has 2 atom stereocenters. The van der Waals surface area contributed by atoms with Crippen molar-refractivity contribution in [3.8, 4) is 0 Å². The molecule has 0 unspecified atom stereocenters. The number of hydrogen-bond donors (Lipinski definition) is 4. The highest BCUT2D eigenvalue weighted by molar-refractivity contribution is 5.89. The van der Waals surface area contributed by atoms with Crippen LogP contribution in [0.15, 0.2) is 0 Å². The van der Waals surface area contributed by atoms with Crippen LogP contribution in [0.1, 0.15) is 32.1 Å². The molecule has 1 amide bonds. The number of carbonyl (C=O) groups is 4. The lowest BCUT2D eigenvalue weighted by Gasteiger charge is -2.22. The molecule has 0 aromatic carbocycles. The van der Waals surface area contributed by atoms with Crippen LogP contribution >= 0.6 is 0 Å². The van der Waals surface area contributed by atoms with Crippen LogP contribution in [-0.4, -0.2) is 62.2 Å². The zero-order valence-electron chi connectivity index (χ0n) is 11.3. The van der Waals surface area contributed by atoms with E-state index in [2.05, 4.69) is 0 Å². The SMILES string of the molecule is N[C@@]1(C(=O)O)C[C@@H](C(=O)O)N(C(=O)CCCCC(=O)O)C1. The third-order valence-electron chi connectivity index (χ3n) is 3.45. The minimum atomic E-state index is -1.76. The highest BCUT2D eigenvalue weighted by Crippen LogP contribution is 2.27. The molecular weight excluding hydrogens is 284 g/mol. The second-order valence-corrected chi connectivity index (χ2v) is 5.14. The highest BCUT2D eigenvalue weighted by atomic mass is 16.4. The quantitative estimate of drug-likeness (QED) is 0.440. The Kier molecular flexibility index (Phi) is 5.25. The van der Waals surface area contributed by atoms with Crippen molar-refractivity contribution in [3.63, 3.8) is 0 Å². The van der Waals surface area contributed by atoms with Crippen LogP contribution in [0.2, 0.25) is 0 Å². The van der Waals surface area contributed by atoms with Crippen molar-refractivity contribution in [2.75, 3.05) is 6.54 Å². The molecule has 1 saturated heterocycles. The van der Waals surface area contributed by atoms with Crippen LogP contribution in [0.3, 0.4) is 0 Å². The standard InChI is InChI=1S/C12H18N2O7/c13-12(11(20)21)5-7(10(18)19)14(6-12)8(15)3-1-2-4-9(16)17/h7H,1-6,13H2,(H,16,17)(H,18,19)(H,20,21)/t7-,12-/m0/s1. The smallest absolute Gasteiger partial charge is 0.326 e. The number of carbonyl (C=O) groups excluding carboxylic acids is 1. The fraction of sp³-hybridized carbons (Fsp3) is 0.667. The molecule has 0 spiro atoms. The fourth-order valence-corrected chi connectivity index (χ4v) is 2.27. The second-order valence-electron chi connectivity index (χ2n) is 5.14. The van der Waals surface area contributed by atoms with Crippen LogP contribution < -0.4 is 5.73 Å². The number of likely N-dealkylation sites (tertiary alicyclic amines) is 1. The van der Waals surface area contributed by atoms with Crippen LogP contribution in [0.25, 0.3) is 0 Å². The van der Waals surface area contributed by atoms with Gasteiger partial charge in [-0.15, -0.1) is 0 Å². The zero-order chi connectivity index (χ0) is 16.2. The first-order valence-electron chi connectivity index (χ1n) is 6.44. The van der Waals surface area contributed by atoms with Gasteiger partial charge in [0.2, 0.25) is 5.91 Å². The molecule has 21 heavy (non-hydrogen) atoms. The van der Waals surface area contributed by atoms with E-state index in [1.807, 2.05) is 0 Å². The Morgan fingerprint density at radius 3 is 2.14 bits per heavy atom. The van der Waals surface area contributed by atoms with Crippen molar-refractivity contribution >= 4 is 23.8 Å². The number of nitrogens with two attached hydrogens (primary N) is 1. The first-order valence-corrected chi connectivity index (χ1v) is 6.44. The molecule has 0 bridgehead atoms. The molecule has 118 valence electrons. The first-order chi connectivity index (χ1) is 9.67. The molecule has 0 aromatic rings. The molecule has 1 aliphatic rings. The van der Waals surface area contributed by atoms with Gasteiger partial charge in [-0.25, -0.2) is 4.79 Å². The predicted molar refractivity (Wildman–Crippen MR) is 68.4 cm³/mol. The van der Waals surface area contributed by atoms with Gasteiger partial charge in [0.25, 0.3) is 0 Å². The number of nitrogens with zero attached hydrogens (tertiary/aromatic N) is 1. The number of aliphatic carboxylic acids is 3. The number of unbranched alkanes of at least 4 members (excludes halogenated alkanes) is 1. The molecule has 0 aromatic heterocycles. The van der Waals surface area contributed by atoms with Gasteiger partial charge in [0.15, 0.2) is 0 Å². The summed E-state index contributed by atoms with van der Waals surface area (Å²) >= 11 is 0. The van der Waals surface area contributed by atoms with Crippen LogP contribution in [0.5, 0.6) is 0 Å². The maximum absolute atomic E-state index is 12.0. The summed E-state index contributed by atoms with van der Waals surface area (Å²) in [5.74, 6) is -4.15. The highest BCUT2D eigenvalue weighted by Gasteiger charge is 2.51. The van der Waals surface area contributed by atoms with Crippen molar-refractivity contribution in [1.82, 2.24) is 4.90 Å². The summed E-state index contributed by atoms with van der Waals surface area (Å²) in [4.78, 5) is 45.5. The van der Waals surface area contributed by atoms with E-state index >= 15 is 0 Å². The van der Waals surface area contributed by atoms with Crippen molar-refractivity contribution in [3.05, 3.63) is 0 Å². The van der Waals surface area contributed by atoms with Gasteiger partial charge in [-0.2, -0.15) is 0 Å². The minimum Gasteiger partial charge on any atom is -0.481 e. The Bertz CT molecular complexity index is 465. The molecule has 9 nitrogen and oxygen atoms in total. The Labute approximate surface area is 120 Å². The van der Waals surface area contributed by atoms with E-state index in [9.17, 15) is 19.2 Å².